The van der Waals surface area contributed by atoms with Crippen molar-refractivity contribution in [3.05, 3.63) is 59.1 Å². The molecule has 2 aromatic carbocycles. The molecule has 0 spiro atoms. The van der Waals surface area contributed by atoms with Crippen molar-refractivity contribution >= 4 is 28.9 Å². The van der Waals surface area contributed by atoms with Gasteiger partial charge in [-0.2, -0.15) is 0 Å². The Morgan fingerprint density at radius 2 is 1.72 bits per heavy atom. The molecule has 5 heteroatoms. The van der Waals surface area contributed by atoms with E-state index in [0.717, 1.165) is 41.6 Å². The maximum Gasteiger partial charge on any atom is 0.253 e. The smallest absolute Gasteiger partial charge is 0.253 e. The Hall–Kier alpha value is -2.04. The lowest BCUT2D eigenvalue weighted by Crippen LogP contribution is -2.56. The lowest BCUT2D eigenvalue weighted by Gasteiger charge is -2.49. The Labute approximate surface area is 179 Å². The van der Waals surface area contributed by atoms with Gasteiger partial charge in [-0.1, -0.05) is 17.7 Å². The number of fused-ring (bicyclic) bond motifs is 3. The van der Waals surface area contributed by atoms with Crippen molar-refractivity contribution in [3.63, 3.8) is 0 Å². The number of anilines is 2. The van der Waals surface area contributed by atoms with Gasteiger partial charge in [-0.15, -0.1) is 0 Å². The zero-order chi connectivity index (χ0) is 20.4. The Morgan fingerprint density at radius 1 is 1.03 bits per heavy atom. The van der Waals surface area contributed by atoms with E-state index < -0.39 is 0 Å². The molecule has 1 amide bonds. The number of hydrogen-bond acceptors (Lipinski definition) is 3. The third-order valence-corrected chi connectivity index (χ3v) is 6.72. The van der Waals surface area contributed by atoms with Crippen LogP contribution in [0.1, 0.15) is 37.0 Å². The van der Waals surface area contributed by atoms with Crippen molar-refractivity contribution in [2.75, 3.05) is 37.6 Å². The number of benzene rings is 2. The highest BCUT2D eigenvalue weighted by atomic mass is 35.5. The third kappa shape index (κ3) is 4.15. The summed E-state index contributed by atoms with van der Waals surface area (Å²) in [5.41, 5.74) is 3.00. The molecule has 3 aliphatic rings. The molecule has 2 bridgehead atoms. The van der Waals surface area contributed by atoms with Crippen molar-refractivity contribution in [1.82, 2.24) is 9.80 Å². The summed E-state index contributed by atoms with van der Waals surface area (Å²) in [4.78, 5) is 19.6. The average molecular weight is 412 g/mol. The molecule has 0 aliphatic carbocycles. The van der Waals surface area contributed by atoms with Crippen molar-refractivity contribution in [2.45, 2.75) is 32.7 Å². The summed E-state index contributed by atoms with van der Waals surface area (Å²) in [5.74, 6) is 0.787. The van der Waals surface area contributed by atoms with E-state index in [1.807, 2.05) is 49.1 Å². The summed E-state index contributed by atoms with van der Waals surface area (Å²) in [6, 6.07) is 16.7. The fraction of sp³-hybridized carbons (Fsp3) is 0.458. The van der Waals surface area contributed by atoms with Crippen LogP contribution in [0.5, 0.6) is 0 Å². The lowest BCUT2D eigenvalue weighted by molar-refractivity contribution is 0.0773. The Kier molecular flexibility index (Phi) is 6.12. The summed E-state index contributed by atoms with van der Waals surface area (Å²) in [7, 11) is 0. The van der Waals surface area contributed by atoms with Gasteiger partial charge in [0.05, 0.1) is 0 Å². The van der Waals surface area contributed by atoms with Gasteiger partial charge < -0.3 is 14.7 Å². The van der Waals surface area contributed by atoms with E-state index in [1.54, 1.807) is 0 Å². The quantitative estimate of drug-likeness (QED) is 0.665. The van der Waals surface area contributed by atoms with Gasteiger partial charge in [0.2, 0.25) is 0 Å². The molecule has 2 aromatic rings. The molecule has 1 unspecified atom stereocenters. The van der Waals surface area contributed by atoms with E-state index in [9.17, 15) is 4.79 Å². The fourth-order valence-corrected chi connectivity index (χ4v) is 5.03. The predicted molar refractivity (Wildman–Crippen MR) is 120 cm³/mol. The topological polar surface area (TPSA) is 26.8 Å². The highest BCUT2D eigenvalue weighted by Gasteiger charge is 2.38. The fourth-order valence-electron chi connectivity index (χ4n) is 4.84. The Morgan fingerprint density at radius 3 is 2.28 bits per heavy atom. The van der Waals surface area contributed by atoms with E-state index in [4.69, 9.17) is 11.6 Å². The standard InChI is InChI=1S/C24H30ClN3O/c1-3-27(4-2)24(29)19-8-10-21(11-9-19)28(22-7-5-6-20(25)16-22)23-17-26-14-12-18(23)13-15-26/h5-11,16,18,23H,3-4,12-15,17H2,1-2H3. The predicted octanol–water partition coefficient (Wildman–Crippen LogP) is 5.05. The summed E-state index contributed by atoms with van der Waals surface area (Å²) >= 11 is 6.34. The number of piperidine rings is 3. The highest BCUT2D eigenvalue weighted by Crippen LogP contribution is 2.38. The minimum absolute atomic E-state index is 0.0960. The Bertz CT molecular complexity index is 841. The molecule has 29 heavy (non-hydrogen) atoms. The summed E-state index contributed by atoms with van der Waals surface area (Å²) in [6.07, 6.45) is 2.50. The van der Waals surface area contributed by atoms with Crippen LogP contribution in [0.3, 0.4) is 0 Å². The average Bonchev–Trinajstić information content (AvgIpc) is 2.76. The maximum absolute atomic E-state index is 12.7. The molecule has 3 aliphatic heterocycles. The molecule has 154 valence electrons. The highest BCUT2D eigenvalue weighted by molar-refractivity contribution is 6.30. The first kappa shape index (κ1) is 20.2. The number of hydrogen-bond donors (Lipinski definition) is 0. The number of halogens is 1. The second-order valence-electron chi connectivity index (χ2n) is 8.08. The molecule has 3 heterocycles. The van der Waals surface area contributed by atoms with Gasteiger partial charge in [0, 0.05) is 47.6 Å². The molecule has 0 radical (unpaired) electrons. The minimum Gasteiger partial charge on any atom is -0.339 e. The molecular weight excluding hydrogens is 382 g/mol. The van der Waals surface area contributed by atoms with E-state index in [2.05, 4.69) is 28.0 Å². The van der Waals surface area contributed by atoms with E-state index in [0.29, 0.717) is 12.0 Å². The first-order chi connectivity index (χ1) is 14.1. The van der Waals surface area contributed by atoms with E-state index >= 15 is 0 Å². The molecule has 3 saturated heterocycles. The monoisotopic (exact) mass is 411 g/mol. The molecule has 3 fully saturated rings. The van der Waals surface area contributed by atoms with Crippen LogP contribution in [-0.4, -0.2) is 54.5 Å². The van der Waals surface area contributed by atoms with Crippen LogP contribution in [0.4, 0.5) is 11.4 Å². The van der Waals surface area contributed by atoms with E-state index in [-0.39, 0.29) is 5.91 Å². The molecule has 0 N–H and O–H groups in total. The minimum atomic E-state index is 0.0960. The maximum atomic E-state index is 12.7. The number of amides is 1. The van der Waals surface area contributed by atoms with Gasteiger partial charge in [0.15, 0.2) is 0 Å². The Balaban J connectivity index is 1.67. The van der Waals surface area contributed by atoms with Crippen LogP contribution in [0.15, 0.2) is 48.5 Å². The number of carbonyl (C=O) groups is 1. The molecule has 5 rings (SSSR count). The summed E-state index contributed by atoms with van der Waals surface area (Å²) < 4.78 is 0. The van der Waals surface area contributed by atoms with Crippen LogP contribution in [0.25, 0.3) is 0 Å². The molecule has 0 aromatic heterocycles. The zero-order valence-electron chi connectivity index (χ0n) is 17.4. The van der Waals surface area contributed by atoms with Gasteiger partial charge in [-0.3, -0.25) is 4.79 Å². The van der Waals surface area contributed by atoms with Gasteiger partial charge in [-0.25, -0.2) is 0 Å². The zero-order valence-corrected chi connectivity index (χ0v) is 18.1. The van der Waals surface area contributed by atoms with Crippen LogP contribution >= 0.6 is 11.6 Å². The first-order valence-electron chi connectivity index (χ1n) is 10.8. The van der Waals surface area contributed by atoms with Gasteiger partial charge >= 0.3 is 0 Å². The largest absolute Gasteiger partial charge is 0.339 e. The second kappa shape index (κ2) is 8.76. The summed E-state index contributed by atoms with van der Waals surface area (Å²) in [5, 5.41) is 0.752. The van der Waals surface area contributed by atoms with Crippen LogP contribution in [-0.2, 0) is 0 Å². The third-order valence-electron chi connectivity index (χ3n) is 6.48. The lowest BCUT2D eigenvalue weighted by atomic mass is 9.82. The van der Waals surface area contributed by atoms with Gasteiger partial charge in [0.25, 0.3) is 5.91 Å². The first-order valence-corrected chi connectivity index (χ1v) is 11.1. The SMILES string of the molecule is CCN(CC)C(=O)c1ccc(N(c2cccc(Cl)c2)C2CN3CCC2CC3)cc1. The van der Waals surface area contributed by atoms with Crippen molar-refractivity contribution in [3.8, 4) is 0 Å². The number of carbonyl (C=O) groups excluding carboxylic acids is 1. The van der Waals surface area contributed by atoms with Crippen molar-refractivity contribution < 1.29 is 4.79 Å². The van der Waals surface area contributed by atoms with Crippen LogP contribution < -0.4 is 4.90 Å². The number of rotatable bonds is 6. The van der Waals surface area contributed by atoms with Crippen molar-refractivity contribution in [1.29, 1.82) is 0 Å². The normalized spacial score (nSPS) is 23.1. The van der Waals surface area contributed by atoms with Gasteiger partial charge in [0.1, 0.15) is 0 Å². The molecule has 0 saturated carbocycles. The molecule has 1 atom stereocenters. The van der Waals surface area contributed by atoms with Crippen LogP contribution in [0.2, 0.25) is 5.02 Å². The van der Waals surface area contributed by atoms with Gasteiger partial charge in [-0.05, 0) is 88.2 Å². The van der Waals surface area contributed by atoms with Crippen molar-refractivity contribution in [2.24, 2.45) is 5.92 Å². The summed E-state index contributed by atoms with van der Waals surface area (Å²) in [6.45, 7) is 8.99. The second-order valence-corrected chi connectivity index (χ2v) is 8.52. The number of nitrogens with zero attached hydrogens (tertiary/aromatic N) is 3. The molecular formula is C24H30ClN3O. The van der Waals surface area contributed by atoms with E-state index in [1.165, 1.54) is 25.9 Å². The molecule has 4 nitrogen and oxygen atoms in total. The van der Waals surface area contributed by atoms with Crippen LogP contribution in [0, 0.1) is 5.92 Å².